The molecule has 3 fully saturated rings. The van der Waals surface area contributed by atoms with Gasteiger partial charge in [-0.05, 0) is 72.4 Å². The number of hydrogen-bond acceptors (Lipinski definition) is 7. The molecule has 0 aromatic heterocycles. The number of methoxy groups -OCH3 is 1. The average Bonchev–Trinajstić information content (AvgIpc) is 3.38. The summed E-state index contributed by atoms with van der Waals surface area (Å²) < 4.78 is 24.1. The third-order valence-corrected chi connectivity index (χ3v) is 8.00. The Balaban J connectivity index is 1.60. The van der Waals surface area contributed by atoms with E-state index in [-0.39, 0.29) is 23.3 Å². The summed E-state index contributed by atoms with van der Waals surface area (Å²) in [6, 6.07) is -0.673. The summed E-state index contributed by atoms with van der Waals surface area (Å²) in [5.74, 6) is -0.380. The number of amides is 2. The lowest BCUT2D eigenvalue weighted by Crippen LogP contribution is -2.59. The molecule has 2 heterocycles. The van der Waals surface area contributed by atoms with Crippen LogP contribution in [0.4, 0.5) is 4.79 Å². The van der Waals surface area contributed by atoms with Gasteiger partial charge < -0.3 is 34.5 Å². The van der Waals surface area contributed by atoms with Gasteiger partial charge in [0.2, 0.25) is 5.91 Å². The fourth-order valence-electron chi connectivity index (χ4n) is 5.88. The molecule has 9 heteroatoms. The van der Waals surface area contributed by atoms with Crippen molar-refractivity contribution in [3.63, 3.8) is 0 Å². The predicted molar refractivity (Wildman–Crippen MR) is 142 cm³/mol. The Bertz CT molecular complexity index is 800. The van der Waals surface area contributed by atoms with Gasteiger partial charge in [-0.2, -0.15) is 0 Å². The number of carbonyl (C=O) groups is 2. The van der Waals surface area contributed by atoms with Crippen LogP contribution in [-0.2, 0) is 23.7 Å². The lowest BCUT2D eigenvalue weighted by atomic mass is 9.68. The number of rotatable bonds is 12. The fraction of sp³-hybridized carbons (Fsp3) is 0.857. The van der Waals surface area contributed by atoms with E-state index in [0.29, 0.717) is 26.2 Å². The molecule has 3 aliphatic rings. The standard InChI is InChI=1S/C28H49N3O6/c1-19(2)11-17-35-27(5,6)24-23(34-7)21(10-12-28(24)18-36-28)37-26(33)30-22(20(3)4)25(32)29-13-16-31-14-8-9-15-31/h11,20-24H,8-10,12-18H2,1-7H3,(H,29,32)(H,30,33)/t21-,22-,23-,24-,28+/m1/s1. The second-order valence-electron chi connectivity index (χ2n) is 11.9. The molecule has 2 amide bonds. The van der Waals surface area contributed by atoms with Crippen LogP contribution in [0.25, 0.3) is 0 Å². The molecule has 5 atom stereocenters. The van der Waals surface area contributed by atoms with E-state index < -0.39 is 29.9 Å². The van der Waals surface area contributed by atoms with Crippen LogP contribution >= 0.6 is 0 Å². The van der Waals surface area contributed by atoms with Gasteiger partial charge in [0.25, 0.3) is 0 Å². The molecule has 9 nitrogen and oxygen atoms in total. The molecule has 0 unspecified atom stereocenters. The Morgan fingerprint density at radius 2 is 1.89 bits per heavy atom. The summed E-state index contributed by atoms with van der Waals surface area (Å²) in [7, 11) is 1.64. The van der Waals surface area contributed by atoms with Gasteiger partial charge in [-0.3, -0.25) is 4.79 Å². The van der Waals surface area contributed by atoms with Crippen molar-refractivity contribution in [1.29, 1.82) is 0 Å². The van der Waals surface area contributed by atoms with Crippen molar-refractivity contribution < 1.29 is 28.5 Å². The number of allylic oxidation sites excluding steroid dienone is 1. The zero-order valence-electron chi connectivity index (χ0n) is 23.9. The smallest absolute Gasteiger partial charge is 0.408 e. The second kappa shape index (κ2) is 12.9. The van der Waals surface area contributed by atoms with Crippen LogP contribution in [0.1, 0.15) is 67.2 Å². The van der Waals surface area contributed by atoms with E-state index in [0.717, 1.165) is 26.1 Å². The minimum atomic E-state index is -0.673. The SMILES string of the molecule is CO[C@H]1[C@H](C(C)(C)OCC=C(C)C)[C@]2(CC[C@H]1OC(=O)N[C@@H](C(=O)NCCN1CCCC1)C(C)C)CO2. The Hall–Kier alpha value is -1.68. The summed E-state index contributed by atoms with van der Waals surface area (Å²) in [6.07, 6.45) is 4.40. The third kappa shape index (κ3) is 7.91. The lowest BCUT2D eigenvalue weighted by Gasteiger charge is -2.47. The van der Waals surface area contributed by atoms with Crippen LogP contribution in [0.15, 0.2) is 11.6 Å². The minimum Gasteiger partial charge on any atom is -0.443 e. The number of carbonyl (C=O) groups excluding carboxylic acids is 2. The highest BCUT2D eigenvalue weighted by Gasteiger charge is 2.64. The van der Waals surface area contributed by atoms with Crippen LogP contribution in [0, 0.1) is 11.8 Å². The summed E-state index contributed by atoms with van der Waals surface area (Å²) in [5.41, 5.74) is 0.316. The number of hydrogen-bond donors (Lipinski definition) is 2. The van der Waals surface area contributed by atoms with Crippen molar-refractivity contribution in [2.75, 3.05) is 46.5 Å². The second-order valence-corrected chi connectivity index (χ2v) is 11.9. The van der Waals surface area contributed by atoms with Gasteiger partial charge in [0.05, 0.1) is 24.4 Å². The first-order valence-corrected chi connectivity index (χ1v) is 13.9. The largest absolute Gasteiger partial charge is 0.443 e. The third-order valence-electron chi connectivity index (χ3n) is 8.00. The van der Waals surface area contributed by atoms with Gasteiger partial charge in [0.15, 0.2) is 0 Å². The minimum absolute atomic E-state index is 0.0813. The quantitative estimate of drug-likeness (QED) is 0.299. The Morgan fingerprint density at radius 1 is 1.22 bits per heavy atom. The Morgan fingerprint density at radius 3 is 2.46 bits per heavy atom. The van der Waals surface area contributed by atoms with Crippen molar-refractivity contribution >= 4 is 12.0 Å². The molecule has 0 aromatic rings. The Kier molecular flexibility index (Phi) is 10.4. The fourth-order valence-corrected chi connectivity index (χ4v) is 5.88. The van der Waals surface area contributed by atoms with Gasteiger partial charge in [0.1, 0.15) is 18.2 Å². The van der Waals surface area contributed by atoms with Crippen molar-refractivity contribution in [1.82, 2.24) is 15.5 Å². The number of likely N-dealkylation sites (tertiary alicyclic amines) is 1. The maximum absolute atomic E-state index is 13.0. The summed E-state index contributed by atoms with van der Waals surface area (Å²) >= 11 is 0. The van der Waals surface area contributed by atoms with Crippen LogP contribution in [0.2, 0.25) is 0 Å². The molecule has 3 rings (SSSR count). The number of ether oxygens (including phenoxy) is 4. The van der Waals surface area contributed by atoms with E-state index in [1.165, 1.54) is 18.4 Å². The van der Waals surface area contributed by atoms with Gasteiger partial charge in [-0.1, -0.05) is 25.5 Å². The number of alkyl carbamates (subject to hydrolysis) is 1. The molecule has 212 valence electrons. The van der Waals surface area contributed by atoms with Crippen LogP contribution in [0.3, 0.4) is 0 Å². The molecule has 37 heavy (non-hydrogen) atoms. The van der Waals surface area contributed by atoms with Crippen molar-refractivity contribution in [3.8, 4) is 0 Å². The first-order valence-electron chi connectivity index (χ1n) is 13.9. The molecule has 2 N–H and O–H groups in total. The molecular weight excluding hydrogens is 474 g/mol. The molecule has 2 saturated heterocycles. The molecule has 0 radical (unpaired) electrons. The first kappa shape index (κ1) is 29.9. The highest BCUT2D eigenvalue weighted by molar-refractivity contribution is 5.85. The van der Waals surface area contributed by atoms with Gasteiger partial charge >= 0.3 is 6.09 Å². The lowest BCUT2D eigenvalue weighted by molar-refractivity contribution is -0.172. The van der Waals surface area contributed by atoms with E-state index in [4.69, 9.17) is 18.9 Å². The highest BCUT2D eigenvalue weighted by Crippen LogP contribution is 2.52. The molecule has 2 aliphatic heterocycles. The topological polar surface area (TPSA) is 102 Å². The van der Waals surface area contributed by atoms with Gasteiger partial charge in [-0.15, -0.1) is 0 Å². The molecule has 0 aromatic carbocycles. The summed E-state index contributed by atoms with van der Waals surface area (Å²) in [5, 5.41) is 5.79. The molecule has 1 spiro atoms. The average molecular weight is 524 g/mol. The Labute approximate surface area is 223 Å². The van der Waals surface area contributed by atoms with Gasteiger partial charge in [0, 0.05) is 26.1 Å². The molecular formula is C28H49N3O6. The number of epoxide rings is 1. The zero-order chi connectivity index (χ0) is 27.2. The zero-order valence-corrected chi connectivity index (χ0v) is 23.9. The number of nitrogens with zero attached hydrogens (tertiary/aromatic N) is 1. The van der Waals surface area contributed by atoms with Crippen molar-refractivity contribution in [2.24, 2.45) is 11.8 Å². The van der Waals surface area contributed by atoms with E-state index in [1.54, 1.807) is 7.11 Å². The van der Waals surface area contributed by atoms with E-state index in [1.807, 2.05) is 27.7 Å². The van der Waals surface area contributed by atoms with Crippen LogP contribution in [-0.4, -0.2) is 92.9 Å². The van der Waals surface area contributed by atoms with Crippen LogP contribution < -0.4 is 10.6 Å². The first-order chi connectivity index (χ1) is 17.5. The monoisotopic (exact) mass is 523 g/mol. The van der Waals surface area contributed by atoms with Crippen molar-refractivity contribution in [3.05, 3.63) is 11.6 Å². The molecule has 0 bridgehead atoms. The molecule has 1 saturated carbocycles. The maximum Gasteiger partial charge on any atom is 0.408 e. The van der Waals surface area contributed by atoms with E-state index in [2.05, 4.69) is 35.5 Å². The predicted octanol–water partition coefficient (Wildman–Crippen LogP) is 3.27. The number of nitrogens with one attached hydrogen (secondary N) is 2. The highest BCUT2D eigenvalue weighted by atomic mass is 16.6. The van der Waals surface area contributed by atoms with Crippen LogP contribution in [0.5, 0.6) is 0 Å². The van der Waals surface area contributed by atoms with Crippen molar-refractivity contribution in [2.45, 2.75) is 96.7 Å². The maximum atomic E-state index is 13.0. The normalized spacial score (nSPS) is 28.7. The van der Waals surface area contributed by atoms with E-state index in [9.17, 15) is 9.59 Å². The van der Waals surface area contributed by atoms with Gasteiger partial charge in [-0.25, -0.2) is 4.79 Å². The summed E-state index contributed by atoms with van der Waals surface area (Å²) in [4.78, 5) is 28.2. The summed E-state index contributed by atoms with van der Waals surface area (Å²) in [6.45, 7) is 16.7. The molecule has 1 aliphatic carbocycles. The van der Waals surface area contributed by atoms with E-state index >= 15 is 0 Å².